The van der Waals surface area contributed by atoms with Gasteiger partial charge in [-0.1, -0.05) is 6.92 Å². The van der Waals surface area contributed by atoms with Gasteiger partial charge in [0.15, 0.2) is 0 Å². The van der Waals surface area contributed by atoms with Gasteiger partial charge in [-0.05, 0) is 20.4 Å². The van der Waals surface area contributed by atoms with Gasteiger partial charge in [0.05, 0.1) is 29.0 Å². The number of likely N-dealkylation sites (N-methyl/N-ethyl adjacent to an activating group) is 1. The van der Waals surface area contributed by atoms with Gasteiger partial charge in [-0.2, -0.15) is 0 Å². The van der Waals surface area contributed by atoms with Gasteiger partial charge in [-0.25, -0.2) is 4.79 Å². The number of aliphatic hydroxyl groups excluding tert-OH is 1. The van der Waals surface area contributed by atoms with Crippen molar-refractivity contribution in [2.45, 2.75) is 43.7 Å². The van der Waals surface area contributed by atoms with Gasteiger partial charge in [-0.3, -0.25) is 19.4 Å². The molecule has 0 bridgehead atoms. The van der Waals surface area contributed by atoms with E-state index in [1.54, 1.807) is 6.92 Å². The number of β-lactam (4-membered cyclic amide) rings is 1. The molecule has 4 heterocycles. The number of carbonyl (C=O) groups is 3. The Bertz CT molecular complexity index is 799. The summed E-state index contributed by atoms with van der Waals surface area (Å²) in [5.74, 6) is -0.820. The summed E-state index contributed by atoms with van der Waals surface area (Å²) in [7, 11) is 1.94. The molecule has 4 aliphatic rings. The van der Waals surface area contributed by atoms with E-state index in [-0.39, 0.29) is 40.9 Å². The van der Waals surface area contributed by atoms with Gasteiger partial charge in [0.25, 0.3) is 0 Å². The largest absolute Gasteiger partial charge is 0.512 e. The monoisotopic (exact) mass is 454 g/mol. The number of fused-ring (bicyclic) bond motifs is 1. The summed E-state index contributed by atoms with van der Waals surface area (Å²) in [6.45, 7) is 7.21. The van der Waals surface area contributed by atoms with Crippen LogP contribution in [0.5, 0.6) is 0 Å². The fraction of sp³-hybridized carbons (Fsp3) is 0.750. The van der Waals surface area contributed by atoms with E-state index in [0.717, 1.165) is 13.1 Å². The highest BCUT2D eigenvalue weighted by Gasteiger charge is 2.60. The van der Waals surface area contributed by atoms with Crippen LogP contribution in [0.2, 0.25) is 0 Å². The van der Waals surface area contributed by atoms with Crippen molar-refractivity contribution in [3.8, 4) is 0 Å². The minimum absolute atomic E-state index is 0.0661. The Morgan fingerprint density at radius 2 is 1.97 bits per heavy atom. The van der Waals surface area contributed by atoms with E-state index in [1.807, 2.05) is 18.9 Å². The fourth-order valence-corrected chi connectivity index (χ4v) is 6.75. The molecule has 31 heavy (non-hydrogen) atoms. The van der Waals surface area contributed by atoms with Crippen LogP contribution in [0.4, 0.5) is 4.79 Å². The van der Waals surface area contributed by atoms with Crippen LogP contribution in [-0.2, 0) is 14.3 Å². The first-order chi connectivity index (χ1) is 14.7. The summed E-state index contributed by atoms with van der Waals surface area (Å²) in [4.78, 5) is 42.9. The van der Waals surface area contributed by atoms with Gasteiger partial charge in [0.2, 0.25) is 17.7 Å². The number of ether oxygens (including phenoxy) is 1. The number of thioether (sulfide) groups is 1. The molecule has 0 radical (unpaired) electrons. The number of aliphatic hydroxyl groups is 1. The Morgan fingerprint density at radius 3 is 2.58 bits per heavy atom. The Kier molecular flexibility index (Phi) is 6.21. The molecule has 0 saturated carbocycles. The number of rotatable bonds is 5. The van der Waals surface area contributed by atoms with Crippen molar-refractivity contribution in [2.24, 2.45) is 11.8 Å². The second-order valence-corrected chi connectivity index (χ2v) is 10.1. The number of amides is 2. The zero-order chi connectivity index (χ0) is 22.4. The number of carbonyl (C=O) groups excluding carboxylic acids is 2. The Hall–Kier alpha value is -1.82. The maximum Gasteiger partial charge on any atom is 0.512 e. The van der Waals surface area contributed by atoms with Crippen molar-refractivity contribution in [3.63, 3.8) is 0 Å². The average Bonchev–Trinajstić information content (AvgIpc) is 3.18. The van der Waals surface area contributed by atoms with Crippen molar-refractivity contribution in [1.82, 2.24) is 20.0 Å². The maximum absolute atomic E-state index is 13.0. The molecular formula is C20H30N4O6S. The molecule has 3 fully saturated rings. The summed E-state index contributed by atoms with van der Waals surface area (Å²) >= 11 is 1.50. The van der Waals surface area contributed by atoms with E-state index in [1.165, 1.54) is 16.7 Å². The molecule has 11 heteroatoms. The minimum atomic E-state index is -1.47. The second kappa shape index (κ2) is 8.61. The van der Waals surface area contributed by atoms with Gasteiger partial charge in [0, 0.05) is 43.9 Å². The van der Waals surface area contributed by atoms with Crippen LogP contribution >= 0.6 is 11.8 Å². The molecule has 0 aromatic rings. The third-order valence-electron chi connectivity index (χ3n) is 6.76. The Balaban J connectivity index is 1.49. The molecule has 3 N–H and O–H groups in total. The highest BCUT2D eigenvalue weighted by molar-refractivity contribution is 8.03. The van der Waals surface area contributed by atoms with Crippen LogP contribution in [0.1, 0.15) is 20.3 Å². The molecule has 4 rings (SSSR count). The number of likely N-dealkylation sites (tertiary alicyclic amines) is 1. The number of carboxylic acid groups (broad SMARTS) is 1. The van der Waals surface area contributed by atoms with Crippen molar-refractivity contribution in [1.29, 1.82) is 0 Å². The van der Waals surface area contributed by atoms with Crippen LogP contribution in [0.3, 0.4) is 0 Å². The van der Waals surface area contributed by atoms with E-state index >= 15 is 0 Å². The molecule has 4 aliphatic heterocycles. The molecule has 172 valence electrons. The molecule has 5 unspecified atom stereocenters. The van der Waals surface area contributed by atoms with Gasteiger partial charge in [0.1, 0.15) is 0 Å². The predicted molar refractivity (Wildman–Crippen MR) is 113 cm³/mol. The lowest BCUT2D eigenvalue weighted by Gasteiger charge is -2.45. The Labute approximate surface area is 185 Å². The first kappa shape index (κ1) is 22.4. The van der Waals surface area contributed by atoms with Crippen LogP contribution in [0.15, 0.2) is 10.8 Å². The third-order valence-corrected chi connectivity index (χ3v) is 8.24. The lowest BCUT2D eigenvalue weighted by atomic mass is 9.79. The third kappa shape index (κ3) is 3.92. The summed E-state index contributed by atoms with van der Waals surface area (Å²) in [5.41, 5.74) is 0. The smallest absolute Gasteiger partial charge is 0.449 e. The summed E-state index contributed by atoms with van der Waals surface area (Å²) in [6.07, 6.45) is -1.63. The number of nitrogens with zero attached hydrogens (tertiary/aromatic N) is 3. The predicted octanol–water partition coefficient (Wildman–Crippen LogP) is -0.0547. The van der Waals surface area contributed by atoms with Crippen molar-refractivity contribution in [2.75, 3.05) is 39.8 Å². The average molecular weight is 455 g/mol. The first-order valence-electron chi connectivity index (χ1n) is 10.7. The highest BCUT2D eigenvalue weighted by atomic mass is 32.2. The number of hydrogen-bond donors (Lipinski definition) is 3. The van der Waals surface area contributed by atoms with E-state index < -0.39 is 18.2 Å². The highest BCUT2D eigenvalue weighted by Crippen LogP contribution is 2.52. The normalized spacial score (nSPS) is 34.6. The first-order valence-corrected chi connectivity index (χ1v) is 11.6. The van der Waals surface area contributed by atoms with Gasteiger partial charge >= 0.3 is 6.16 Å². The molecule has 10 nitrogen and oxygen atoms in total. The number of piperazine rings is 1. The topological polar surface area (TPSA) is 123 Å². The standard InChI is InChI=1S/C20H30N4O6S/c1-10-15-14(11(2)25)18(27)24(15)19(30-20(28)29)16(10)31-12-8-13(22(3)9-12)17(26)23-6-4-21-5-7-23/h10-15,21,25H,4-9H2,1-3H3,(H,28,29)/t10?,11?,12?,13?,14?,15-/m0/s1. The molecule has 6 atom stereocenters. The summed E-state index contributed by atoms with van der Waals surface area (Å²) < 4.78 is 5.04. The number of hydrogen-bond acceptors (Lipinski definition) is 8. The molecular weight excluding hydrogens is 424 g/mol. The zero-order valence-electron chi connectivity index (χ0n) is 18.0. The van der Waals surface area contributed by atoms with Crippen molar-refractivity contribution in [3.05, 3.63) is 10.8 Å². The molecule has 0 aromatic carbocycles. The lowest BCUT2D eigenvalue weighted by Crippen LogP contribution is -2.63. The second-order valence-electron chi connectivity index (χ2n) is 8.80. The van der Waals surface area contributed by atoms with Crippen LogP contribution < -0.4 is 5.32 Å². The van der Waals surface area contributed by atoms with Gasteiger partial charge in [-0.15, -0.1) is 11.8 Å². The fourth-order valence-electron chi connectivity index (χ4n) is 5.20. The number of nitrogens with one attached hydrogen (secondary N) is 1. The minimum Gasteiger partial charge on any atom is -0.449 e. The SMILES string of the molecule is CC(O)C1C(=O)N2C(OC(=O)O)=C(SC3CC(C(=O)N4CCNCC4)N(C)C3)C(C)[C@@H]12. The Morgan fingerprint density at radius 1 is 1.29 bits per heavy atom. The van der Waals surface area contributed by atoms with Crippen molar-refractivity contribution < 1.29 is 29.3 Å². The van der Waals surface area contributed by atoms with Gasteiger partial charge < -0.3 is 25.2 Å². The molecule has 0 spiro atoms. The van der Waals surface area contributed by atoms with Crippen molar-refractivity contribution >= 4 is 29.7 Å². The quantitative estimate of drug-likeness (QED) is 0.387. The van der Waals surface area contributed by atoms with E-state index in [0.29, 0.717) is 31.0 Å². The maximum atomic E-state index is 13.0. The summed E-state index contributed by atoms with van der Waals surface area (Å²) in [6, 6.07) is -0.512. The van der Waals surface area contributed by atoms with E-state index in [2.05, 4.69) is 10.2 Å². The van der Waals surface area contributed by atoms with E-state index in [4.69, 9.17) is 4.74 Å². The molecule has 0 aliphatic carbocycles. The lowest BCUT2D eigenvalue weighted by molar-refractivity contribution is -0.163. The zero-order valence-corrected chi connectivity index (χ0v) is 18.8. The van der Waals surface area contributed by atoms with Crippen LogP contribution in [-0.4, -0.2) is 106 Å². The molecule has 3 saturated heterocycles. The van der Waals surface area contributed by atoms with Crippen LogP contribution in [0, 0.1) is 11.8 Å². The van der Waals surface area contributed by atoms with E-state index in [9.17, 15) is 24.6 Å². The summed E-state index contributed by atoms with van der Waals surface area (Å²) in [5, 5.41) is 22.6. The van der Waals surface area contributed by atoms with Crippen LogP contribution in [0.25, 0.3) is 0 Å². The molecule has 2 amide bonds. The molecule has 0 aromatic heterocycles.